The number of carboxylic acids is 1. The van der Waals surface area contributed by atoms with Crippen LogP contribution < -0.4 is 4.74 Å². The summed E-state index contributed by atoms with van der Waals surface area (Å²) in [6.45, 7) is -0.0167. The minimum absolute atomic E-state index is 0.0891. The van der Waals surface area contributed by atoms with Crippen LogP contribution in [-0.2, 0) is 21.5 Å². The molecule has 2 aromatic carbocycles. The van der Waals surface area contributed by atoms with Gasteiger partial charge in [-0.1, -0.05) is 30.3 Å². The Morgan fingerprint density at radius 2 is 1.81 bits per heavy atom. The highest BCUT2D eigenvalue weighted by Gasteiger charge is 2.53. The molecule has 0 spiro atoms. The van der Waals surface area contributed by atoms with Gasteiger partial charge in [-0.15, -0.1) is 0 Å². The van der Waals surface area contributed by atoms with Crippen molar-refractivity contribution in [3.8, 4) is 5.75 Å². The molecule has 1 aliphatic carbocycles. The predicted molar refractivity (Wildman–Crippen MR) is 93.4 cm³/mol. The number of rotatable bonds is 7. The molecule has 0 aromatic heterocycles. The molecular formula is C20H20FNO4. The number of benzene rings is 2. The summed E-state index contributed by atoms with van der Waals surface area (Å²) in [4.78, 5) is 25.0. The molecule has 1 saturated carbocycles. The van der Waals surface area contributed by atoms with E-state index in [4.69, 9.17) is 9.84 Å². The average molecular weight is 357 g/mol. The highest BCUT2D eigenvalue weighted by molar-refractivity contribution is 5.91. The van der Waals surface area contributed by atoms with Gasteiger partial charge >= 0.3 is 5.97 Å². The first-order valence-corrected chi connectivity index (χ1v) is 8.36. The van der Waals surface area contributed by atoms with E-state index >= 15 is 0 Å². The van der Waals surface area contributed by atoms with Gasteiger partial charge < -0.3 is 14.7 Å². The van der Waals surface area contributed by atoms with Gasteiger partial charge in [0.05, 0.1) is 5.41 Å². The minimum atomic E-state index is -1.04. The number of nitrogens with zero attached hydrogens (tertiary/aromatic N) is 1. The van der Waals surface area contributed by atoms with Crippen molar-refractivity contribution in [1.82, 2.24) is 4.90 Å². The maximum atomic E-state index is 14.1. The van der Waals surface area contributed by atoms with E-state index in [1.807, 2.05) is 0 Å². The van der Waals surface area contributed by atoms with E-state index in [1.165, 1.54) is 6.07 Å². The summed E-state index contributed by atoms with van der Waals surface area (Å²) < 4.78 is 19.2. The van der Waals surface area contributed by atoms with Crippen LogP contribution in [0.1, 0.15) is 24.0 Å². The molecule has 1 amide bonds. The fourth-order valence-electron chi connectivity index (χ4n) is 3.12. The van der Waals surface area contributed by atoms with E-state index in [1.54, 1.807) is 54.4 Å². The highest BCUT2D eigenvalue weighted by Crippen LogP contribution is 2.50. The molecule has 0 bridgehead atoms. The van der Waals surface area contributed by atoms with Crippen LogP contribution in [0.15, 0.2) is 48.5 Å². The van der Waals surface area contributed by atoms with Gasteiger partial charge in [-0.3, -0.25) is 4.79 Å². The number of ether oxygens (including phenoxy) is 1. The fraction of sp³-hybridized carbons (Fsp3) is 0.300. The van der Waals surface area contributed by atoms with Crippen molar-refractivity contribution in [2.45, 2.75) is 24.8 Å². The zero-order valence-electron chi connectivity index (χ0n) is 14.4. The summed E-state index contributed by atoms with van der Waals surface area (Å²) in [6.07, 6.45) is 1.30. The molecule has 0 saturated heterocycles. The molecule has 3 rings (SSSR count). The maximum Gasteiger partial charge on any atom is 0.341 e. The van der Waals surface area contributed by atoms with Crippen LogP contribution in [-0.4, -0.2) is 35.5 Å². The van der Waals surface area contributed by atoms with Crippen LogP contribution in [0.5, 0.6) is 5.75 Å². The van der Waals surface area contributed by atoms with Crippen molar-refractivity contribution in [3.05, 3.63) is 65.5 Å². The van der Waals surface area contributed by atoms with Crippen LogP contribution >= 0.6 is 0 Å². The van der Waals surface area contributed by atoms with Crippen molar-refractivity contribution in [3.63, 3.8) is 0 Å². The molecule has 5 nitrogen and oxygen atoms in total. The summed E-state index contributed by atoms with van der Waals surface area (Å²) >= 11 is 0. The number of halogens is 1. The SMILES string of the molecule is CN(Cc1ccc(OCC(=O)O)cc1)C(=O)C1(c2ccccc2F)CC1. The maximum absolute atomic E-state index is 14.1. The van der Waals surface area contributed by atoms with Crippen LogP contribution in [0.25, 0.3) is 0 Å². The normalized spacial score (nSPS) is 14.5. The average Bonchev–Trinajstić information content (AvgIpc) is 3.42. The number of hydrogen-bond acceptors (Lipinski definition) is 3. The highest BCUT2D eigenvalue weighted by atomic mass is 19.1. The lowest BCUT2D eigenvalue weighted by molar-refractivity contribution is -0.139. The first-order valence-electron chi connectivity index (χ1n) is 8.36. The molecular weight excluding hydrogens is 337 g/mol. The molecule has 2 aromatic rings. The fourth-order valence-corrected chi connectivity index (χ4v) is 3.12. The molecule has 0 heterocycles. The number of hydrogen-bond donors (Lipinski definition) is 1. The van der Waals surface area contributed by atoms with Crippen molar-refractivity contribution >= 4 is 11.9 Å². The summed E-state index contributed by atoms with van der Waals surface area (Å²) in [7, 11) is 1.71. The van der Waals surface area contributed by atoms with E-state index in [9.17, 15) is 14.0 Å². The molecule has 26 heavy (non-hydrogen) atoms. The van der Waals surface area contributed by atoms with Gasteiger partial charge in [-0.05, 0) is 36.6 Å². The van der Waals surface area contributed by atoms with Gasteiger partial charge in [0, 0.05) is 19.2 Å². The first-order chi connectivity index (χ1) is 12.4. The van der Waals surface area contributed by atoms with Crippen LogP contribution in [0.4, 0.5) is 4.39 Å². The summed E-state index contributed by atoms with van der Waals surface area (Å²) in [5, 5.41) is 8.61. The van der Waals surface area contributed by atoms with Crippen molar-refractivity contribution < 1.29 is 23.8 Å². The monoisotopic (exact) mass is 357 g/mol. The van der Waals surface area contributed by atoms with Gasteiger partial charge in [-0.25, -0.2) is 9.18 Å². The molecule has 1 fully saturated rings. The zero-order valence-corrected chi connectivity index (χ0v) is 14.4. The third-order valence-corrected chi connectivity index (χ3v) is 4.60. The lowest BCUT2D eigenvalue weighted by Gasteiger charge is -2.24. The molecule has 1 aliphatic rings. The second-order valence-electron chi connectivity index (χ2n) is 6.55. The van der Waals surface area contributed by atoms with Gasteiger partial charge in [0.25, 0.3) is 0 Å². The molecule has 0 unspecified atom stereocenters. The Bertz CT molecular complexity index is 815. The number of carbonyl (C=O) groups is 2. The van der Waals surface area contributed by atoms with Crippen molar-refractivity contribution in [2.24, 2.45) is 0 Å². The topological polar surface area (TPSA) is 66.8 Å². The van der Waals surface area contributed by atoms with E-state index < -0.39 is 18.0 Å². The third-order valence-electron chi connectivity index (χ3n) is 4.60. The number of likely N-dealkylation sites (N-methyl/N-ethyl adjacent to an activating group) is 1. The molecule has 136 valence electrons. The van der Waals surface area contributed by atoms with Gasteiger partial charge in [-0.2, -0.15) is 0 Å². The second-order valence-corrected chi connectivity index (χ2v) is 6.55. The van der Waals surface area contributed by atoms with Gasteiger partial charge in [0.15, 0.2) is 6.61 Å². The third kappa shape index (κ3) is 3.69. The summed E-state index contributed by atoms with van der Waals surface area (Å²) in [5.74, 6) is -1.02. The predicted octanol–water partition coefficient (Wildman–Crippen LogP) is 2.98. The van der Waals surface area contributed by atoms with Crippen LogP contribution in [0.2, 0.25) is 0 Å². The Morgan fingerprint density at radius 1 is 1.15 bits per heavy atom. The second kappa shape index (κ2) is 7.15. The Balaban J connectivity index is 1.66. The number of aliphatic carboxylic acids is 1. The summed E-state index contributed by atoms with van der Waals surface area (Å²) in [6, 6.07) is 13.3. The summed E-state index contributed by atoms with van der Waals surface area (Å²) in [5.41, 5.74) is 0.604. The van der Waals surface area contributed by atoms with Crippen LogP contribution in [0.3, 0.4) is 0 Å². The molecule has 1 N–H and O–H groups in total. The standard InChI is InChI=1S/C20H20FNO4/c1-22(12-14-6-8-15(9-7-14)26-13-18(23)24)19(25)20(10-11-20)16-4-2-3-5-17(16)21/h2-9H,10-13H2,1H3,(H,23,24). The van der Waals surface area contributed by atoms with E-state index in [2.05, 4.69) is 0 Å². The molecule has 6 heteroatoms. The zero-order chi connectivity index (χ0) is 18.7. The number of carbonyl (C=O) groups excluding carboxylic acids is 1. The number of amides is 1. The van der Waals surface area contributed by atoms with E-state index in [0.717, 1.165) is 5.56 Å². The Labute approximate surface area is 151 Å². The molecule has 0 radical (unpaired) electrons. The quantitative estimate of drug-likeness (QED) is 0.827. The van der Waals surface area contributed by atoms with Gasteiger partial charge in [0.1, 0.15) is 11.6 Å². The Kier molecular flexibility index (Phi) is 4.93. The Morgan fingerprint density at radius 3 is 2.38 bits per heavy atom. The smallest absolute Gasteiger partial charge is 0.341 e. The lowest BCUT2D eigenvalue weighted by atomic mass is 9.93. The van der Waals surface area contributed by atoms with Crippen LogP contribution in [0, 0.1) is 5.82 Å². The lowest BCUT2D eigenvalue weighted by Crippen LogP contribution is -2.36. The van der Waals surface area contributed by atoms with Gasteiger partial charge in [0.2, 0.25) is 5.91 Å². The van der Waals surface area contributed by atoms with E-state index in [-0.39, 0.29) is 11.7 Å². The minimum Gasteiger partial charge on any atom is -0.482 e. The van der Waals surface area contributed by atoms with Crippen molar-refractivity contribution in [1.29, 1.82) is 0 Å². The van der Waals surface area contributed by atoms with Crippen molar-refractivity contribution in [2.75, 3.05) is 13.7 Å². The number of carboxylic acid groups (broad SMARTS) is 1. The first kappa shape index (κ1) is 17.9. The molecule has 0 aliphatic heterocycles. The Hall–Kier alpha value is -2.89. The molecule has 0 atom stereocenters. The van der Waals surface area contributed by atoms with E-state index in [0.29, 0.717) is 30.7 Å². The largest absolute Gasteiger partial charge is 0.482 e.